The van der Waals surface area contributed by atoms with Crippen LogP contribution in [0.4, 0.5) is 5.69 Å². The summed E-state index contributed by atoms with van der Waals surface area (Å²) in [6.45, 7) is 1.62. The van der Waals surface area contributed by atoms with Crippen molar-refractivity contribution in [1.82, 2.24) is 0 Å². The quantitative estimate of drug-likeness (QED) is 0.908. The maximum Gasteiger partial charge on any atom is 0.161 e. The van der Waals surface area contributed by atoms with Crippen molar-refractivity contribution >= 4 is 34.2 Å². The first-order valence-electron chi connectivity index (χ1n) is 6.62. The lowest BCUT2D eigenvalue weighted by Crippen LogP contribution is -2.34. The summed E-state index contributed by atoms with van der Waals surface area (Å²) >= 11 is 7.90. The number of aliphatic imine (C=N–C) groups is 1. The Morgan fingerprint density at radius 1 is 1.40 bits per heavy atom. The molecule has 1 saturated heterocycles. The molecule has 2 aliphatic heterocycles. The summed E-state index contributed by atoms with van der Waals surface area (Å²) in [6.07, 6.45) is 2.02. The molecule has 0 saturated carbocycles. The fraction of sp³-hybridized carbons (Fsp3) is 0.500. The average Bonchev–Trinajstić information content (AvgIpc) is 2.82. The summed E-state index contributed by atoms with van der Waals surface area (Å²) in [5, 5.41) is 4.90. The van der Waals surface area contributed by atoms with Gasteiger partial charge in [0.2, 0.25) is 0 Å². The molecule has 1 fully saturated rings. The minimum atomic E-state index is 0.0709. The van der Waals surface area contributed by atoms with Crippen LogP contribution < -0.4 is 10.1 Å². The normalized spacial score (nSPS) is 20.8. The third-order valence-electron chi connectivity index (χ3n) is 3.64. The van der Waals surface area contributed by atoms with Gasteiger partial charge in [0.15, 0.2) is 5.17 Å². The highest BCUT2D eigenvalue weighted by Gasteiger charge is 2.37. The molecule has 2 heterocycles. The lowest BCUT2D eigenvalue weighted by molar-refractivity contribution is 0.0624. The summed E-state index contributed by atoms with van der Waals surface area (Å²) in [7, 11) is 1.61. The summed E-state index contributed by atoms with van der Waals surface area (Å²) in [5.74, 6) is 1.71. The SMILES string of the molecule is COc1ccc(NC2=NC3(CCOCC3)CS2)cc1Cl. The maximum atomic E-state index is 6.13. The number of amidine groups is 1. The van der Waals surface area contributed by atoms with E-state index in [1.165, 1.54) is 0 Å². The van der Waals surface area contributed by atoms with E-state index in [9.17, 15) is 0 Å². The van der Waals surface area contributed by atoms with Crippen molar-refractivity contribution in [2.75, 3.05) is 31.4 Å². The molecule has 1 aromatic rings. The third-order valence-corrected chi connectivity index (χ3v) is 5.09. The van der Waals surface area contributed by atoms with Gasteiger partial charge in [-0.2, -0.15) is 0 Å². The van der Waals surface area contributed by atoms with E-state index in [0.29, 0.717) is 10.8 Å². The molecule has 20 heavy (non-hydrogen) atoms. The Balaban J connectivity index is 1.72. The molecule has 1 N–H and O–H groups in total. The van der Waals surface area contributed by atoms with Crippen molar-refractivity contribution in [3.05, 3.63) is 23.2 Å². The molecule has 0 bridgehead atoms. The predicted octanol–water partition coefficient (Wildman–Crippen LogP) is 3.41. The number of benzene rings is 1. The Morgan fingerprint density at radius 2 is 2.20 bits per heavy atom. The third kappa shape index (κ3) is 2.90. The second-order valence-electron chi connectivity index (χ2n) is 5.02. The van der Waals surface area contributed by atoms with Gasteiger partial charge in [-0.05, 0) is 31.0 Å². The van der Waals surface area contributed by atoms with Gasteiger partial charge in [-0.3, -0.25) is 4.99 Å². The molecule has 0 aliphatic carbocycles. The van der Waals surface area contributed by atoms with E-state index in [1.54, 1.807) is 18.9 Å². The minimum absolute atomic E-state index is 0.0709. The van der Waals surface area contributed by atoms with Crippen molar-refractivity contribution in [2.45, 2.75) is 18.4 Å². The van der Waals surface area contributed by atoms with Crippen LogP contribution in [0.3, 0.4) is 0 Å². The lowest BCUT2D eigenvalue weighted by atomic mass is 9.93. The van der Waals surface area contributed by atoms with Gasteiger partial charge in [-0.15, -0.1) is 0 Å². The van der Waals surface area contributed by atoms with Crippen LogP contribution in [0.1, 0.15) is 12.8 Å². The topological polar surface area (TPSA) is 42.8 Å². The van der Waals surface area contributed by atoms with Crippen LogP contribution in [-0.2, 0) is 4.74 Å². The molecule has 2 aliphatic rings. The van der Waals surface area contributed by atoms with Crippen molar-refractivity contribution in [3.63, 3.8) is 0 Å². The monoisotopic (exact) mass is 312 g/mol. The summed E-state index contributed by atoms with van der Waals surface area (Å²) < 4.78 is 10.6. The van der Waals surface area contributed by atoms with Gasteiger partial charge in [-0.25, -0.2) is 0 Å². The second-order valence-corrected chi connectivity index (χ2v) is 6.39. The smallest absolute Gasteiger partial charge is 0.161 e. The minimum Gasteiger partial charge on any atom is -0.495 e. The van der Waals surface area contributed by atoms with E-state index in [4.69, 9.17) is 26.1 Å². The average molecular weight is 313 g/mol. The first-order chi connectivity index (χ1) is 9.71. The molecule has 0 aromatic heterocycles. The number of ether oxygens (including phenoxy) is 2. The van der Waals surface area contributed by atoms with Crippen LogP contribution in [0.2, 0.25) is 5.02 Å². The van der Waals surface area contributed by atoms with E-state index in [0.717, 1.165) is 42.7 Å². The zero-order valence-electron chi connectivity index (χ0n) is 11.3. The first kappa shape index (κ1) is 14.0. The standard InChI is InChI=1S/C14H17ClN2O2S/c1-18-12-3-2-10(8-11(12)15)16-13-17-14(9-20-13)4-6-19-7-5-14/h2-3,8H,4-7,9H2,1H3,(H,16,17). The van der Waals surface area contributed by atoms with Crippen LogP contribution in [0.5, 0.6) is 5.75 Å². The number of hydrogen-bond acceptors (Lipinski definition) is 5. The fourth-order valence-corrected chi connectivity index (χ4v) is 3.89. The van der Waals surface area contributed by atoms with Gasteiger partial charge in [0.05, 0.1) is 17.7 Å². The lowest BCUT2D eigenvalue weighted by Gasteiger charge is -2.29. The summed E-state index contributed by atoms with van der Waals surface area (Å²) in [4.78, 5) is 4.86. The van der Waals surface area contributed by atoms with Crippen LogP contribution in [0.15, 0.2) is 23.2 Å². The van der Waals surface area contributed by atoms with Crippen molar-refractivity contribution in [3.8, 4) is 5.75 Å². The molecule has 1 spiro atoms. The van der Waals surface area contributed by atoms with E-state index in [-0.39, 0.29) is 5.54 Å². The zero-order chi connectivity index (χ0) is 14.0. The van der Waals surface area contributed by atoms with E-state index in [2.05, 4.69) is 5.32 Å². The summed E-state index contributed by atoms with van der Waals surface area (Å²) in [5.41, 5.74) is 1.01. The van der Waals surface area contributed by atoms with Crippen molar-refractivity contribution in [1.29, 1.82) is 0 Å². The van der Waals surface area contributed by atoms with Crippen LogP contribution in [-0.4, -0.2) is 36.8 Å². The highest BCUT2D eigenvalue weighted by molar-refractivity contribution is 8.14. The Labute approximate surface area is 127 Å². The van der Waals surface area contributed by atoms with Crippen molar-refractivity contribution in [2.24, 2.45) is 4.99 Å². The molecule has 0 radical (unpaired) electrons. The Hall–Kier alpha value is -0.910. The Morgan fingerprint density at radius 3 is 2.90 bits per heavy atom. The number of nitrogens with one attached hydrogen (secondary N) is 1. The first-order valence-corrected chi connectivity index (χ1v) is 7.98. The van der Waals surface area contributed by atoms with Gasteiger partial charge >= 0.3 is 0 Å². The molecular weight excluding hydrogens is 296 g/mol. The maximum absolute atomic E-state index is 6.13. The predicted molar refractivity (Wildman–Crippen MR) is 84.3 cm³/mol. The molecule has 0 atom stereocenters. The molecule has 108 valence electrons. The molecular formula is C14H17ClN2O2S. The molecule has 4 nitrogen and oxygen atoms in total. The highest BCUT2D eigenvalue weighted by Crippen LogP contribution is 2.36. The molecule has 1 aromatic carbocycles. The Bertz CT molecular complexity index is 530. The van der Waals surface area contributed by atoms with Crippen LogP contribution in [0, 0.1) is 0 Å². The number of nitrogens with zero attached hydrogens (tertiary/aromatic N) is 1. The van der Waals surface area contributed by atoms with Crippen molar-refractivity contribution < 1.29 is 9.47 Å². The van der Waals surface area contributed by atoms with E-state index in [1.807, 2.05) is 18.2 Å². The number of anilines is 1. The van der Waals surface area contributed by atoms with Gasteiger partial charge in [0.25, 0.3) is 0 Å². The highest BCUT2D eigenvalue weighted by atomic mass is 35.5. The van der Waals surface area contributed by atoms with Gasteiger partial charge in [-0.1, -0.05) is 23.4 Å². The number of rotatable bonds is 2. The molecule has 3 rings (SSSR count). The number of thioether (sulfide) groups is 1. The molecule has 0 amide bonds. The van der Waals surface area contributed by atoms with E-state index >= 15 is 0 Å². The largest absolute Gasteiger partial charge is 0.495 e. The van der Waals surface area contributed by atoms with Gasteiger partial charge < -0.3 is 14.8 Å². The number of methoxy groups -OCH3 is 1. The second kappa shape index (κ2) is 5.84. The number of hydrogen-bond donors (Lipinski definition) is 1. The van der Waals surface area contributed by atoms with Gasteiger partial charge in [0.1, 0.15) is 5.75 Å². The Kier molecular flexibility index (Phi) is 4.10. The van der Waals surface area contributed by atoms with Crippen LogP contribution >= 0.6 is 23.4 Å². The molecule has 6 heteroatoms. The zero-order valence-corrected chi connectivity index (χ0v) is 12.9. The fourth-order valence-electron chi connectivity index (χ4n) is 2.42. The van der Waals surface area contributed by atoms with E-state index < -0.39 is 0 Å². The van der Waals surface area contributed by atoms with Crippen LogP contribution in [0.25, 0.3) is 0 Å². The van der Waals surface area contributed by atoms with Gasteiger partial charge in [0, 0.05) is 24.7 Å². The summed E-state index contributed by atoms with van der Waals surface area (Å²) in [6, 6.07) is 5.66. The number of halogens is 1. The molecule has 0 unspecified atom stereocenters.